The fourth-order valence-corrected chi connectivity index (χ4v) is 2.24. The van der Waals surface area contributed by atoms with Crippen molar-refractivity contribution in [3.63, 3.8) is 0 Å². The van der Waals surface area contributed by atoms with Gasteiger partial charge in [-0.25, -0.2) is 0 Å². The van der Waals surface area contributed by atoms with Crippen LogP contribution >= 0.6 is 0 Å². The van der Waals surface area contributed by atoms with Crippen LogP contribution in [-0.4, -0.2) is 14.8 Å². The van der Waals surface area contributed by atoms with Crippen LogP contribution in [0.5, 0.6) is 0 Å². The molecule has 0 saturated carbocycles. The van der Waals surface area contributed by atoms with Gasteiger partial charge in [-0.15, -0.1) is 0 Å². The molecule has 0 aliphatic rings. The van der Waals surface area contributed by atoms with Crippen molar-refractivity contribution in [3.05, 3.63) is 47.5 Å². The van der Waals surface area contributed by atoms with Gasteiger partial charge in [-0.1, -0.05) is 6.07 Å². The van der Waals surface area contributed by atoms with Gasteiger partial charge in [-0.05, 0) is 32.4 Å². The minimum atomic E-state index is 0.272. The van der Waals surface area contributed by atoms with E-state index in [-0.39, 0.29) is 12.1 Å². The van der Waals surface area contributed by atoms with Crippen molar-refractivity contribution in [2.45, 2.75) is 32.9 Å². The standard InChI is InChI=1S/C14H20N4/c1-10(13-6-5-7-15-8-13)16-11(2)14-9-18(4)17-12(14)3/h5-11,16H,1-4H3/t10-,11?/m1/s1. The molecular formula is C14H20N4. The monoisotopic (exact) mass is 244 g/mol. The van der Waals surface area contributed by atoms with Crippen molar-refractivity contribution in [3.8, 4) is 0 Å². The van der Waals surface area contributed by atoms with E-state index in [2.05, 4.69) is 41.5 Å². The van der Waals surface area contributed by atoms with E-state index in [9.17, 15) is 0 Å². The van der Waals surface area contributed by atoms with Crippen LogP contribution in [-0.2, 0) is 7.05 Å². The Morgan fingerprint density at radius 3 is 2.61 bits per heavy atom. The summed E-state index contributed by atoms with van der Waals surface area (Å²) >= 11 is 0. The van der Waals surface area contributed by atoms with Crippen molar-refractivity contribution in [1.82, 2.24) is 20.1 Å². The summed E-state index contributed by atoms with van der Waals surface area (Å²) in [7, 11) is 1.95. The van der Waals surface area contributed by atoms with Gasteiger partial charge in [0.05, 0.1) is 5.69 Å². The van der Waals surface area contributed by atoms with E-state index in [1.165, 1.54) is 11.1 Å². The molecule has 0 aromatic carbocycles. The molecule has 18 heavy (non-hydrogen) atoms. The lowest BCUT2D eigenvalue weighted by Crippen LogP contribution is -2.22. The number of nitrogens with zero attached hydrogens (tertiary/aromatic N) is 3. The Morgan fingerprint density at radius 1 is 1.28 bits per heavy atom. The van der Waals surface area contributed by atoms with E-state index >= 15 is 0 Å². The lowest BCUT2D eigenvalue weighted by atomic mass is 10.1. The third-order valence-electron chi connectivity index (χ3n) is 3.20. The molecule has 0 spiro atoms. The van der Waals surface area contributed by atoms with E-state index in [0.717, 1.165) is 5.69 Å². The van der Waals surface area contributed by atoms with E-state index in [4.69, 9.17) is 0 Å². The van der Waals surface area contributed by atoms with Crippen molar-refractivity contribution < 1.29 is 0 Å². The van der Waals surface area contributed by atoms with Crippen molar-refractivity contribution in [1.29, 1.82) is 0 Å². The molecule has 2 rings (SSSR count). The summed E-state index contributed by atoms with van der Waals surface area (Å²) in [5.41, 5.74) is 3.52. The minimum Gasteiger partial charge on any atom is -0.303 e. The molecule has 4 nitrogen and oxygen atoms in total. The molecule has 0 saturated heterocycles. The highest BCUT2D eigenvalue weighted by molar-refractivity contribution is 5.21. The Kier molecular flexibility index (Phi) is 3.77. The van der Waals surface area contributed by atoms with Crippen molar-refractivity contribution in [2.75, 3.05) is 0 Å². The first-order valence-corrected chi connectivity index (χ1v) is 6.24. The van der Waals surface area contributed by atoms with Crippen LogP contribution in [0.1, 0.15) is 42.8 Å². The second-order valence-electron chi connectivity index (χ2n) is 4.74. The van der Waals surface area contributed by atoms with Gasteiger partial charge in [0.15, 0.2) is 0 Å². The largest absolute Gasteiger partial charge is 0.303 e. The van der Waals surface area contributed by atoms with Gasteiger partial charge in [0, 0.05) is 43.3 Å². The second kappa shape index (κ2) is 5.31. The van der Waals surface area contributed by atoms with Crippen molar-refractivity contribution in [2.24, 2.45) is 7.05 Å². The van der Waals surface area contributed by atoms with Gasteiger partial charge in [0.2, 0.25) is 0 Å². The summed E-state index contributed by atoms with van der Waals surface area (Å²) in [6.45, 7) is 6.36. The average Bonchev–Trinajstić information content (AvgIpc) is 2.69. The molecule has 0 fully saturated rings. The molecule has 0 amide bonds. The average molecular weight is 244 g/mol. The predicted octanol–water partition coefficient (Wildman–Crippen LogP) is 2.54. The van der Waals surface area contributed by atoms with Crippen LogP contribution in [0.25, 0.3) is 0 Å². The molecule has 1 N–H and O–H groups in total. The summed E-state index contributed by atoms with van der Waals surface area (Å²) < 4.78 is 1.86. The number of nitrogens with one attached hydrogen (secondary N) is 1. The van der Waals surface area contributed by atoms with Gasteiger partial charge in [0.25, 0.3) is 0 Å². The molecule has 0 aliphatic heterocycles. The predicted molar refractivity (Wildman–Crippen MR) is 72.1 cm³/mol. The van der Waals surface area contributed by atoms with Gasteiger partial charge in [0.1, 0.15) is 0 Å². The highest BCUT2D eigenvalue weighted by atomic mass is 15.3. The Morgan fingerprint density at radius 2 is 2.06 bits per heavy atom. The zero-order valence-electron chi connectivity index (χ0n) is 11.4. The summed E-state index contributed by atoms with van der Waals surface area (Å²) in [4.78, 5) is 4.15. The fraction of sp³-hybridized carbons (Fsp3) is 0.429. The van der Waals surface area contributed by atoms with Crippen LogP contribution in [0.4, 0.5) is 0 Å². The second-order valence-corrected chi connectivity index (χ2v) is 4.74. The topological polar surface area (TPSA) is 42.7 Å². The number of aryl methyl sites for hydroxylation is 2. The molecule has 0 aliphatic carbocycles. The van der Waals surface area contributed by atoms with Crippen LogP contribution in [0.3, 0.4) is 0 Å². The summed E-state index contributed by atoms with van der Waals surface area (Å²) in [6, 6.07) is 4.60. The summed E-state index contributed by atoms with van der Waals surface area (Å²) in [5, 5.41) is 7.95. The number of pyridine rings is 1. The first-order valence-electron chi connectivity index (χ1n) is 6.24. The zero-order chi connectivity index (χ0) is 13.1. The normalized spacial score (nSPS) is 14.4. The SMILES string of the molecule is Cc1nn(C)cc1C(C)N[C@H](C)c1cccnc1. The highest BCUT2D eigenvalue weighted by Crippen LogP contribution is 2.20. The van der Waals surface area contributed by atoms with Crippen LogP contribution < -0.4 is 5.32 Å². The molecule has 4 heteroatoms. The molecule has 2 aromatic heterocycles. The maximum atomic E-state index is 4.38. The fourth-order valence-electron chi connectivity index (χ4n) is 2.24. The molecule has 0 bridgehead atoms. The zero-order valence-corrected chi connectivity index (χ0v) is 11.4. The molecule has 2 heterocycles. The Bertz CT molecular complexity index is 504. The van der Waals surface area contributed by atoms with E-state index < -0.39 is 0 Å². The van der Waals surface area contributed by atoms with Gasteiger partial charge >= 0.3 is 0 Å². The minimum absolute atomic E-state index is 0.272. The van der Waals surface area contributed by atoms with E-state index in [1.807, 2.05) is 30.9 Å². The molecule has 0 radical (unpaired) electrons. The Hall–Kier alpha value is -1.68. The third-order valence-corrected chi connectivity index (χ3v) is 3.20. The maximum absolute atomic E-state index is 4.38. The lowest BCUT2D eigenvalue weighted by molar-refractivity contribution is 0.492. The highest BCUT2D eigenvalue weighted by Gasteiger charge is 2.14. The van der Waals surface area contributed by atoms with Crippen LogP contribution in [0.15, 0.2) is 30.7 Å². The van der Waals surface area contributed by atoms with Gasteiger partial charge in [-0.3, -0.25) is 9.67 Å². The number of aromatic nitrogens is 3. The maximum Gasteiger partial charge on any atom is 0.0641 e. The molecular weight excluding hydrogens is 224 g/mol. The van der Waals surface area contributed by atoms with Crippen LogP contribution in [0, 0.1) is 6.92 Å². The lowest BCUT2D eigenvalue weighted by Gasteiger charge is -2.19. The van der Waals surface area contributed by atoms with Crippen molar-refractivity contribution >= 4 is 0 Å². The first kappa shape index (κ1) is 12.8. The smallest absolute Gasteiger partial charge is 0.0641 e. The number of hydrogen-bond acceptors (Lipinski definition) is 3. The Labute approximate surface area is 108 Å². The summed E-state index contributed by atoms with van der Waals surface area (Å²) in [6.07, 6.45) is 5.77. The molecule has 2 aromatic rings. The van der Waals surface area contributed by atoms with Gasteiger partial charge < -0.3 is 5.32 Å². The van der Waals surface area contributed by atoms with Gasteiger partial charge in [-0.2, -0.15) is 5.10 Å². The third kappa shape index (κ3) is 2.76. The van der Waals surface area contributed by atoms with Crippen LogP contribution in [0.2, 0.25) is 0 Å². The molecule has 96 valence electrons. The van der Waals surface area contributed by atoms with E-state index in [0.29, 0.717) is 0 Å². The molecule has 1 unspecified atom stereocenters. The first-order chi connectivity index (χ1) is 8.58. The summed E-state index contributed by atoms with van der Waals surface area (Å²) in [5.74, 6) is 0. The number of rotatable bonds is 4. The quantitative estimate of drug-likeness (QED) is 0.898. The Balaban J connectivity index is 2.08. The van der Waals surface area contributed by atoms with E-state index in [1.54, 1.807) is 6.20 Å². The molecule has 2 atom stereocenters. The number of hydrogen-bond donors (Lipinski definition) is 1.